The molecule has 1 saturated heterocycles. The van der Waals surface area contributed by atoms with Crippen LogP contribution in [-0.4, -0.2) is 41.0 Å². The topological polar surface area (TPSA) is 40.5 Å². The molecule has 1 aliphatic heterocycles. The zero-order valence-corrected chi connectivity index (χ0v) is 8.33. The molecule has 0 radical (unpaired) electrons. The Labute approximate surface area is 81.7 Å². The second kappa shape index (κ2) is 3.81. The van der Waals surface area contributed by atoms with Gasteiger partial charge in [0.2, 0.25) is 5.91 Å². The fourth-order valence-corrected chi connectivity index (χ4v) is 1.43. The van der Waals surface area contributed by atoms with Crippen LogP contribution in [0.4, 0.5) is 8.78 Å². The predicted molar refractivity (Wildman–Crippen MR) is 47.0 cm³/mol. The molecule has 5 heteroatoms. The number of hydrogen-bond donors (Lipinski definition) is 1. The summed E-state index contributed by atoms with van der Waals surface area (Å²) >= 11 is 0. The van der Waals surface area contributed by atoms with Crippen molar-refractivity contribution in [3.8, 4) is 0 Å². The van der Waals surface area contributed by atoms with Crippen LogP contribution in [-0.2, 0) is 4.79 Å². The molecule has 14 heavy (non-hydrogen) atoms. The smallest absolute Gasteiger partial charge is 0.256 e. The SMILES string of the molecule is CC(C(=O)N1CC[C@@H](O)C1)C(C)(F)F. The van der Waals surface area contributed by atoms with Crippen molar-refractivity contribution in [3.05, 3.63) is 0 Å². The Balaban J connectivity index is 2.57. The lowest BCUT2D eigenvalue weighted by atomic mass is 10.0. The second-order valence-corrected chi connectivity index (χ2v) is 3.90. The van der Waals surface area contributed by atoms with Crippen LogP contribution in [0.5, 0.6) is 0 Å². The highest BCUT2D eigenvalue weighted by atomic mass is 19.3. The number of aliphatic hydroxyl groups is 1. The van der Waals surface area contributed by atoms with E-state index < -0.39 is 23.9 Å². The third kappa shape index (κ3) is 2.41. The normalized spacial score (nSPS) is 25.2. The van der Waals surface area contributed by atoms with E-state index >= 15 is 0 Å². The third-order valence-corrected chi connectivity index (χ3v) is 2.61. The molecule has 1 aliphatic rings. The molecule has 0 aliphatic carbocycles. The molecule has 82 valence electrons. The first-order valence-electron chi connectivity index (χ1n) is 4.67. The maximum absolute atomic E-state index is 12.8. The Kier molecular flexibility index (Phi) is 3.09. The van der Waals surface area contributed by atoms with Crippen LogP contribution in [0.25, 0.3) is 0 Å². The van der Waals surface area contributed by atoms with Gasteiger partial charge in [0.1, 0.15) is 0 Å². The lowest BCUT2D eigenvalue weighted by Gasteiger charge is -2.24. The number of rotatable bonds is 2. The largest absolute Gasteiger partial charge is 0.391 e. The van der Waals surface area contributed by atoms with E-state index in [1.807, 2.05) is 0 Å². The number of aliphatic hydroxyl groups excluding tert-OH is 1. The highest BCUT2D eigenvalue weighted by molar-refractivity contribution is 5.79. The van der Waals surface area contributed by atoms with Crippen LogP contribution < -0.4 is 0 Å². The summed E-state index contributed by atoms with van der Waals surface area (Å²) in [6.07, 6.45) is -0.0788. The van der Waals surface area contributed by atoms with Gasteiger partial charge in [0.15, 0.2) is 0 Å². The summed E-state index contributed by atoms with van der Waals surface area (Å²) in [6, 6.07) is 0. The quantitative estimate of drug-likeness (QED) is 0.730. The Morgan fingerprint density at radius 3 is 2.57 bits per heavy atom. The zero-order valence-electron chi connectivity index (χ0n) is 8.33. The van der Waals surface area contributed by atoms with Crippen LogP contribution in [0.3, 0.4) is 0 Å². The van der Waals surface area contributed by atoms with E-state index in [1.54, 1.807) is 0 Å². The van der Waals surface area contributed by atoms with Crippen LogP contribution in [0, 0.1) is 5.92 Å². The van der Waals surface area contributed by atoms with Crippen molar-refractivity contribution < 1.29 is 18.7 Å². The summed E-state index contributed by atoms with van der Waals surface area (Å²) in [5.41, 5.74) is 0. The Morgan fingerprint density at radius 2 is 2.21 bits per heavy atom. The molecule has 2 atom stereocenters. The highest BCUT2D eigenvalue weighted by Crippen LogP contribution is 2.26. The van der Waals surface area contributed by atoms with E-state index in [-0.39, 0.29) is 6.54 Å². The van der Waals surface area contributed by atoms with Crippen molar-refractivity contribution in [1.82, 2.24) is 4.90 Å². The fraction of sp³-hybridized carbons (Fsp3) is 0.889. The minimum Gasteiger partial charge on any atom is -0.391 e. The van der Waals surface area contributed by atoms with E-state index in [2.05, 4.69) is 0 Å². The second-order valence-electron chi connectivity index (χ2n) is 3.90. The van der Waals surface area contributed by atoms with Crippen molar-refractivity contribution >= 4 is 5.91 Å². The van der Waals surface area contributed by atoms with Crippen molar-refractivity contribution in [2.75, 3.05) is 13.1 Å². The fourth-order valence-electron chi connectivity index (χ4n) is 1.43. The molecule has 0 aromatic rings. The molecule has 1 unspecified atom stereocenters. The molecule has 0 bridgehead atoms. The third-order valence-electron chi connectivity index (χ3n) is 2.61. The molecular weight excluding hydrogens is 192 g/mol. The molecule has 0 aromatic carbocycles. The molecule has 0 saturated carbocycles. The van der Waals surface area contributed by atoms with Gasteiger partial charge in [-0.1, -0.05) is 0 Å². The van der Waals surface area contributed by atoms with E-state index in [4.69, 9.17) is 5.11 Å². The highest BCUT2D eigenvalue weighted by Gasteiger charge is 2.39. The van der Waals surface area contributed by atoms with Gasteiger partial charge in [-0.15, -0.1) is 0 Å². The molecule has 1 amide bonds. The van der Waals surface area contributed by atoms with E-state index in [1.165, 1.54) is 11.8 Å². The number of nitrogens with zero attached hydrogens (tertiary/aromatic N) is 1. The van der Waals surface area contributed by atoms with Crippen LogP contribution in [0.2, 0.25) is 0 Å². The summed E-state index contributed by atoms with van der Waals surface area (Å²) in [5, 5.41) is 9.15. The first-order chi connectivity index (χ1) is 6.32. The molecule has 3 nitrogen and oxygen atoms in total. The molecule has 0 aromatic heterocycles. The Bertz CT molecular complexity index is 227. The Hall–Kier alpha value is -0.710. The number of halogens is 2. The molecule has 1 heterocycles. The minimum atomic E-state index is -3.00. The van der Waals surface area contributed by atoms with Crippen LogP contribution in [0.1, 0.15) is 20.3 Å². The number of carbonyl (C=O) groups excluding carboxylic acids is 1. The van der Waals surface area contributed by atoms with Gasteiger partial charge in [-0.25, -0.2) is 8.78 Å². The van der Waals surface area contributed by atoms with Crippen molar-refractivity contribution in [2.24, 2.45) is 5.92 Å². The first-order valence-corrected chi connectivity index (χ1v) is 4.67. The van der Waals surface area contributed by atoms with E-state index in [0.29, 0.717) is 13.0 Å². The summed E-state index contributed by atoms with van der Waals surface area (Å²) < 4.78 is 25.6. The molecule has 1 N–H and O–H groups in total. The molecular formula is C9H15F2NO2. The van der Waals surface area contributed by atoms with Gasteiger partial charge < -0.3 is 10.0 Å². The Morgan fingerprint density at radius 1 is 1.64 bits per heavy atom. The van der Waals surface area contributed by atoms with Crippen molar-refractivity contribution in [2.45, 2.75) is 32.3 Å². The lowest BCUT2D eigenvalue weighted by molar-refractivity contribution is -0.146. The minimum absolute atomic E-state index is 0.180. The van der Waals surface area contributed by atoms with Crippen molar-refractivity contribution in [1.29, 1.82) is 0 Å². The standard InChI is InChI=1S/C9H15F2NO2/c1-6(9(2,10)11)8(14)12-4-3-7(13)5-12/h6-7,13H,3-5H2,1-2H3/t6?,7-/m1/s1. The van der Waals surface area contributed by atoms with Crippen LogP contribution >= 0.6 is 0 Å². The van der Waals surface area contributed by atoms with Gasteiger partial charge in [0, 0.05) is 20.0 Å². The van der Waals surface area contributed by atoms with Crippen LogP contribution in [0.15, 0.2) is 0 Å². The maximum atomic E-state index is 12.8. The van der Waals surface area contributed by atoms with Gasteiger partial charge in [0.05, 0.1) is 12.0 Å². The summed E-state index contributed by atoms with van der Waals surface area (Å²) in [6.45, 7) is 2.51. The molecule has 1 fully saturated rings. The number of carbonyl (C=O) groups is 1. The predicted octanol–water partition coefficient (Wildman–Crippen LogP) is 0.871. The number of amides is 1. The van der Waals surface area contributed by atoms with Gasteiger partial charge in [0.25, 0.3) is 5.92 Å². The van der Waals surface area contributed by atoms with E-state index in [9.17, 15) is 13.6 Å². The number of β-amino-alcohol motifs (C(OH)–C–C–N with tert-alkyl or cyclic N) is 1. The number of hydrogen-bond acceptors (Lipinski definition) is 2. The van der Waals surface area contributed by atoms with Gasteiger partial charge in [-0.2, -0.15) is 0 Å². The first kappa shape index (κ1) is 11.4. The zero-order chi connectivity index (χ0) is 10.9. The lowest BCUT2D eigenvalue weighted by Crippen LogP contribution is -2.40. The summed E-state index contributed by atoms with van der Waals surface area (Å²) in [4.78, 5) is 12.8. The molecule has 1 rings (SSSR count). The monoisotopic (exact) mass is 207 g/mol. The summed E-state index contributed by atoms with van der Waals surface area (Å²) in [7, 11) is 0. The average molecular weight is 207 g/mol. The summed E-state index contributed by atoms with van der Waals surface area (Å²) in [5.74, 6) is -4.88. The maximum Gasteiger partial charge on any atom is 0.256 e. The van der Waals surface area contributed by atoms with Gasteiger partial charge in [-0.3, -0.25) is 4.79 Å². The van der Waals surface area contributed by atoms with Gasteiger partial charge in [-0.05, 0) is 13.3 Å². The number of alkyl halides is 2. The van der Waals surface area contributed by atoms with Crippen molar-refractivity contribution in [3.63, 3.8) is 0 Å². The van der Waals surface area contributed by atoms with Gasteiger partial charge >= 0.3 is 0 Å². The molecule has 0 spiro atoms. The number of likely N-dealkylation sites (tertiary alicyclic amines) is 1. The van der Waals surface area contributed by atoms with E-state index in [0.717, 1.165) is 6.92 Å². The average Bonchev–Trinajstić information content (AvgIpc) is 2.47.